The number of benzene rings is 1. The number of nitrogens with zero attached hydrogens (tertiary/aromatic N) is 6. The van der Waals surface area contributed by atoms with Crippen molar-refractivity contribution in [1.29, 1.82) is 5.26 Å². The molecule has 0 aliphatic carbocycles. The number of carbonyl (C=O) groups excluding carboxylic acids is 1. The molecule has 3 aromatic heterocycles. The predicted molar refractivity (Wildman–Crippen MR) is 162 cm³/mol. The van der Waals surface area contributed by atoms with Gasteiger partial charge in [-0.15, -0.1) is 23.2 Å². The Bertz CT molecular complexity index is 1680. The van der Waals surface area contributed by atoms with E-state index in [0.717, 1.165) is 6.07 Å². The van der Waals surface area contributed by atoms with Crippen molar-refractivity contribution in [3.05, 3.63) is 64.5 Å². The third-order valence-corrected chi connectivity index (χ3v) is 7.79. The zero-order valence-corrected chi connectivity index (χ0v) is 25.3. The summed E-state index contributed by atoms with van der Waals surface area (Å²) in [7, 11) is 0. The van der Waals surface area contributed by atoms with Gasteiger partial charge in [0.1, 0.15) is 17.6 Å². The van der Waals surface area contributed by atoms with Gasteiger partial charge in [-0.2, -0.15) is 10.4 Å². The average Bonchev–Trinajstić information content (AvgIpc) is 3.37. The summed E-state index contributed by atoms with van der Waals surface area (Å²) in [5.74, 6) is 0.626. The van der Waals surface area contributed by atoms with E-state index in [1.165, 1.54) is 11.1 Å². The van der Waals surface area contributed by atoms with E-state index < -0.39 is 5.82 Å². The molecule has 0 saturated heterocycles. The van der Waals surface area contributed by atoms with Gasteiger partial charge in [0.15, 0.2) is 12.3 Å². The average molecular weight is 630 g/mol. The largest absolute Gasteiger partial charge is 0.482 e. The van der Waals surface area contributed by atoms with Gasteiger partial charge in [0.2, 0.25) is 0 Å². The molecule has 4 aromatic rings. The number of fused-ring (bicyclic) bond motifs is 2. The second-order valence-corrected chi connectivity index (χ2v) is 11.7. The first-order valence-corrected chi connectivity index (χ1v) is 15.0. The van der Waals surface area contributed by atoms with Gasteiger partial charge in [0.05, 0.1) is 46.4 Å². The Morgan fingerprint density at radius 1 is 1.14 bits per heavy atom. The molecule has 42 heavy (non-hydrogen) atoms. The van der Waals surface area contributed by atoms with Gasteiger partial charge in [0, 0.05) is 28.9 Å². The highest BCUT2D eigenvalue weighted by Gasteiger charge is 2.29. The highest BCUT2D eigenvalue weighted by atomic mass is 35.5. The molecule has 218 valence electrons. The van der Waals surface area contributed by atoms with Gasteiger partial charge in [0.25, 0.3) is 5.91 Å². The fourth-order valence-corrected chi connectivity index (χ4v) is 5.86. The third kappa shape index (κ3) is 5.89. The number of halogens is 4. The van der Waals surface area contributed by atoms with Gasteiger partial charge in [-0.3, -0.25) is 14.7 Å². The van der Waals surface area contributed by atoms with E-state index in [4.69, 9.17) is 44.5 Å². The van der Waals surface area contributed by atoms with Crippen molar-refractivity contribution in [2.45, 2.75) is 45.7 Å². The molecule has 8 nitrogen and oxygen atoms in total. The fourth-order valence-electron chi connectivity index (χ4n) is 5.21. The van der Waals surface area contributed by atoms with Crippen molar-refractivity contribution in [2.24, 2.45) is 5.92 Å². The maximum Gasteiger partial charge on any atom is 0.265 e. The first kappa shape index (κ1) is 30.0. The molecule has 0 spiro atoms. The molecule has 0 atom stereocenters. The van der Waals surface area contributed by atoms with Crippen LogP contribution < -0.4 is 9.64 Å². The SMILES string of the molecule is CC(C)Cc1nc2c(cnn2C(CCCl)CCCl)c(-c2ccc3c(c2)OCC(=O)N3Cc2ncc(Cl)cc2F)c1C#N. The van der Waals surface area contributed by atoms with E-state index in [1.807, 2.05) is 10.7 Å². The van der Waals surface area contributed by atoms with Crippen LogP contribution in [0.2, 0.25) is 5.02 Å². The van der Waals surface area contributed by atoms with E-state index in [2.05, 4.69) is 30.0 Å². The Morgan fingerprint density at radius 2 is 1.90 bits per heavy atom. The molecule has 1 aliphatic heterocycles. The smallest absolute Gasteiger partial charge is 0.265 e. The quantitative estimate of drug-likeness (QED) is 0.174. The van der Waals surface area contributed by atoms with Gasteiger partial charge >= 0.3 is 0 Å². The minimum Gasteiger partial charge on any atom is -0.482 e. The van der Waals surface area contributed by atoms with Crippen LogP contribution in [0.4, 0.5) is 10.1 Å². The lowest BCUT2D eigenvalue weighted by Gasteiger charge is -2.29. The molecule has 0 saturated carbocycles. The minimum absolute atomic E-state index is 0.0500. The molecule has 0 unspecified atom stereocenters. The van der Waals surface area contributed by atoms with E-state index in [1.54, 1.807) is 18.3 Å². The Morgan fingerprint density at radius 3 is 2.57 bits per heavy atom. The monoisotopic (exact) mass is 628 g/mol. The number of anilines is 1. The van der Waals surface area contributed by atoms with Gasteiger partial charge in [-0.05, 0) is 48.9 Å². The lowest BCUT2D eigenvalue weighted by atomic mass is 9.93. The molecule has 1 aliphatic rings. The molecule has 4 heterocycles. The van der Waals surface area contributed by atoms with Crippen molar-refractivity contribution in [1.82, 2.24) is 19.7 Å². The maximum atomic E-state index is 14.5. The molecule has 0 fully saturated rings. The van der Waals surface area contributed by atoms with Crippen molar-refractivity contribution >= 4 is 57.4 Å². The van der Waals surface area contributed by atoms with Crippen LogP contribution in [0, 0.1) is 23.1 Å². The molecular formula is C30H28Cl3FN6O2. The predicted octanol–water partition coefficient (Wildman–Crippen LogP) is 7.08. The van der Waals surface area contributed by atoms with Crippen LogP contribution in [0.15, 0.2) is 36.7 Å². The number of amides is 1. The standard InChI is InChI=1S/C30H28Cl3FN6O2/c1-17(2)9-24-21(12-35)29(22-14-37-40(30(22)38-24)20(5-7-31)6-8-32)18-3-4-26-27(10-18)42-16-28(41)39(26)15-25-23(34)11-19(33)13-36-25/h3-4,10-11,13-14,17,20H,5-9,15-16H2,1-2H3. The van der Waals surface area contributed by atoms with Crippen LogP contribution in [0.3, 0.4) is 0 Å². The van der Waals surface area contributed by atoms with Crippen molar-refractivity contribution < 1.29 is 13.9 Å². The summed E-state index contributed by atoms with van der Waals surface area (Å²) in [6, 6.07) is 8.84. The number of carbonyl (C=O) groups is 1. The number of aromatic nitrogens is 4. The molecule has 0 radical (unpaired) electrons. The summed E-state index contributed by atoms with van der Waals surface area (Å²) in [5.41, 5.74) is 3.72. The summed E-state index contributed by atoms with van der Waals surface area (Å²) in [6.45, 7) is 3.83. The Balaban J connectivity index is 1.65. The Hall–Kier alpha value is -3.45. The van der Waals surface area contributed by atoms with E-state index >= 15 is 0 Å². The zero-order valence-electron chi connectivity index (χ0n) is 23.1. The number of alkyl halides is 2. The van der Waals surface area contributed by atoms with Crippen LogP contribution in [-0.2, 0) is 17.8 Å². The van der Waals surface area contributed by atoms with Crippen LogP contribution in [0.25, 0.3) is 22.2 Å². The van der Waals surface area contributed by atoms with Crippen molar-refractivity contribution in [2.75, 3.05) is 23.3 Å². The molecule has 1 amide bonds. The summed E-state index contributed by atoms with van der Waals surface area (Å²) in [5, 5.41) is 15.9. The summed E-state index contributed by atoms with van der Waals surface area (Å²) < 4.78 is 22.2. The maximum absolute atomic E-state index is 14.5. The molecule has 5 rings (SSSR count). The highest BCUT2D eigenvalue weighted by Crippen LogP contribution is 2.41. The number of hydrogen-bond acceptors (Lipinski definition) is 6. The number of pyridine rings is 2. The molecule has 1 aromatic carbocycles. The van der Waals surface area contributed by atoms with Crippen LogP contribution in [-0.4, -0.2) is 44.0 Å². The fraction of sp³-hybridized carbons (Fsp3) is 0.367. The van der Waals surface area contributed by atoms with Crippen LogP contribution in [0.5, 0.6) is 5.75 Å². The highest BCUT2D eigenvalue weighted by molar-refractivity contribution is 6.30. The van der Waals surface area contributed by atoms with Crippen molar-refractivity contribution in [3.63, 3.8) is 0 Å². The van der Waals surface area contributed by atoms with E-state index in [-0.39, 0.29) is 41.7 Å². The zero-order chi connectivity index (χ0) is 30.0. The number of ether oxygens (including phenoxy) is 1. The number of nitriles is 1. The molecule has 0 N–H and O–H groups in total. The van der Waals surface area contributed by atoms with Gasteiger partial charge in [-0.1, -0.05) is 31.5 Å². The van der Waals surface area contributed by atoms with Crippen molar-refractivity contribution in [3.8, 4) is 22.9 Å². The Labute approximate surface area is 258 Å². The van der Waals surface area contributed by atoms with Crippen LogP contribution in [0.1, 0.15) is 49.7 Å². The second-order valence-electron chi connectivity index (χ2n) is 10.5. The summed E-state index contributed by atoms with van der Waals surface area (Å²) in [4.78, 5) is 23.3. The molecule has 12 heteroatoms. The summed E-state index contributed by atoms with van der Waals surface area (Å²) >= 11 is 18.1. The van der Waals surface area contributed by atoms with E-state index in [9.17, 15) is 14.4 Å². The normalized spacial score (nSPS) is 13.1. The Kier molecular flexibility index (Phi) is 9.16. The van der Waals surface area contributed by atoms with Gasteiger partial charge < -0.3 is 4.74 Å². The minimum atomic E-state index is -0.603. The third-order valence-electron chi connectivity index (χ3n) is 7.15. The molecule has 0 bridgehead atoms. The first-order chi connectivity index (χ1) is 20.2. The molecular weight excluding hydrogens is 602 g/mol. The lowest BCUT2D eigenvalue weighted by Crippen LogP contribution is -2.38. The topological polar surface area (TPSA) is 96.9 Å². The number of rotatable bonds is 10. The second kappa shape index (κ2) is 12.8. The lowest BCUT2D eigenvalue weighted by molar-refractivity contribution is -0.121. The first-order valence-electron chi connectivity index (χ1n) is 13.5. The van der Waals surface area contributed by atoms with Crippen LogP contribution >= 0.6 is 34.8 Å². The number of hydrogen-bond donors (Lipinski definition) is 0. The summed E-state index contributed by atoms with van der Waals surface area (Å²) in [6.07, 6.45) is 4.99. The van der Waals surface area contributed by atoms with E-state index in [0.29, 0.717) is 75.9 Å². The van der Waals surface area contributed by atoms with Gasteiger partial charge in [-0.25, -0.2) is 14.1 Å².